The highest BCUT2D eigenvalue weighted by Crippen LogP contribution is 2.21. The van der Waals surface area contributed by atoms with Crippen molar-refractivity contribution in [3.8, 4) is 11.3 Å². The number of halogens is 1. The van der Waals surface area contributed by atoms with Gasteiger partial charge in [0.25, 0.3) is 5.56 Å². The molecule has 0 radical (unpaired) electrons. The Morgan fingerprint density at radius 2 is 1.96 bits per heavy atom. The third kappa shape index (κ3) is 3.37. The van der Waals surface area contributed by atoms with Gasteiger partial charge in [0.1, 0.15) is 0 Å². The van der Waals surface area contributed by atoms with E-state index in [1.54, 1.807) is 23.8 Å². The van der Waals surface area contributed by atoms with E-state index in [1.807, 2.05) is 31.2 Å². The predicted molar refractivity (Wildman–Crippen MR) is 95.7 cm³/mol. The van der Waals surface area contributed by atoms with Crippen LogP contribution in [0, 0.1) is 6.92 Å². The number of aromatic nitrogens is 3. The molecule has 3 rings (SSSR count). The van der Waals surface area contributed by atoms with Crippen LogP contribution in [0.4, 0.5) is 0 Å². The monoisotopic (exact) mass is 345 g/mol. The van der Waals surface area contributed by atoms with Crippen molar-refractivity contribution in [2.24, 2.45) is 0 Å². The van der Waals surface area contributed by atoms with Crippen LogP contribution in [0.15, 0.2) is 41.3 Å². The number of hydrogen-bond acceptors (Lipinski definition) is 3. The highest BCUT2D eigenvalue weighted by Gasteiger charge is 2.11. The van der Waals surface area contributed by atoms with Gasteiger partial charge >= 0.3 is 0 Å². The molecule has 0 saturated carbocycles. The fraction of sp³-hybridized carbons (Fsp3) is 0.333. The summed E-state index contributed by atoms with van der Waals surface area (Å²) in [6.07, 6.45) is 3.72. The van der Waals surface area contributed by atoms with Crippen LogP contribution < -0.4 is 5.56 Å². The number of unbranched alkanes of at least 4 members (excludes halogenated alkanes) is 1. The summed E-state index contributed by atoms with van der Waals surface area (Å²) in [6, 6.07) is 9.11. The first-order valence-electron chi connectivity index (χ1n) is 7.94. The molecule has 126 valence electrons. The maximum absolute atomic E-state index is 12.3. The van der Waals surface area contributed by atoms with Crippen LogP contribution in [-0.2, 0) is 11.3 Å². The molecule has 0 N–H and O–H groups in total. The number of imidazole rings is 1. The Kier molecular flexibility index (Phi) is 5.02. The van der Waals surface area contributed by atoms with Gasteiger partial charge in [-0.05, 0) is 31.9 Å². The lowest BCUT2D eigenvalue weighted by molar-refractivity contribution is 0.191. The number of rotatable bonds is 6. The smallest absolute Gasteiger partial charge is 0.259 e. The van der Waals surface area contributed by atoms with Gasteiger partial charge in [-0.3, -0.25) is 9.20 Å². The van der Waals surface area contributed by atoms with E-state index in [4.69, 9.17) is 16.3 Å². The summed E-state index contributed by atoms with van der Waals surface area (Å²) in [5, 5.41) is 0.677. The topological polar surface area (TPSA) is 48.5 Å². The molecule has 0 amide bonds. The van der Waals surface area contributed by atoms with E-state index in [-0.39, 0.29) is 5.56 Å². The third-order valence-electron chi connectivity index (χ3n) is 4.04. The second-order valence-corrected chi connectivity index (χ2v) is 6.21. The molecule has 1 aromatic carbocycles. The van der Waals surface area contributed by atoms with Crippen LogP contribution >= 0.6 is 11.6 Å². The normalized spacial score (nSPS) is 11.3. The first-order chi connectivity index (χ1) is 11.6. The molecule has 0 fully saturated rings. The van der Waals surface area contributed by atoms with Crippen molar-refractivity contribution >= 4 is 17.4 Å². The summed E-state index contributed by atoms with van der Waals surface area (Å²) in [5.41, 5.74) is 2.55. The predicted octanol–water partition coefficient (Wildman–Crippen LogP) is 3.55. The number of hydrogen-bond donors (Lipinski definition) is 0. The average molecular weight is 346 g/mol. The van der Waals surface area contributed by atoms with Crippen molar-refractivity contribution in [3.63, 3.8) is 0 Å². The van der Waals surface area contributed by atoms with E-state index in [0.29, 0.717) is 10.8 Å². The van der Waals surface area contributed by atoms with Gasteiger partial charge in [0.05, 0.1) is 5.69 Å². The quantitative estimate of drug-likeness (QED) is 0.642. The maximum Gasteiger partial charge on any atom is 0.259 e. The van der Waals surface area contributed by atoms with Gasteiger partial charge < -0.3 is 9.30 Å². The molecule has 2 aromatic heterocycles. The Bertz CT molecular complexity index is 897. The molecule has 0 bridgehead atoms. The minimum Gasteiger partial charge on any atom is -0.385 e. The fourth-order valence-corrected chi connectivity index (χ4v) is 2.89. The minimum atomic E-state index is -0.0663. The highest BCUT2D eigenvalue weighted by molar-refractivity contribution is 6.30. The summed E-state index contributed by atoms with van der Waals surface area (Å²) in [4.78, 5) is 17.0. The zero-order valence-corrected chi connectivity index (χ0v) is 14.6. The Labute approximate surface area is 145 Å². The molecule has 0 atom stereocenters. The summed E-state index contributed by atoms with van der Waals surface area (Å²) < 4.78 is 8.78. The average Bonchev–Trinajstić information content (AvgIpc) is 3.00. The number of fused-ring (bicyclic) bond motifs is 1. The van der Waals surface area contributed by atoms with Gasteiger partial charge in [0.2, 0.25) is 5.78 Å². The van der Waals surface area contributed by atoms with Crippen molar-refractivity contribution in [2.75, 3.05) is 13.7 Å². The van der Waals surface area contributed by atoms with Gasteiger partial charge in [0.15, 0.2) is 0 Å². The molecule has 0 aliphatic rings. The molecular weight excluding hydrogens is 326 g/mol. The van der Waals surface area contributed by atoms with Crippen molar-refractivity contribution in [3.05, 3.63) is 57.6 Å². The van der Waals surface area contributed by atoms with E-state index in [1.165, 1.54) is 0 Å². The second kappa shape index (κ2) is 7.20. The van der Waals surface area contributed by atoms with Gasteiger partial charge in [0, 0.05) is 48.8 Å². The molecule has 0 spiro atoms. The Hall–Kier alpha value is -2.11. The maximum atomic E-state index is 12.3. The lowest BCUT2D eigenvalue weighted by Crippen LogP contribution is -2.19. The molecule has 3 aromatic rings. The zero-order chi connectivity index (χ0) is 17.1. The number of nitrogens with zero attached hydrogens (tertiary/aromatic N) is 3. The molecule has 0 aliphatic heterocycles. The molecule has 5 nitrogen and oxygen atoms in total. The van der Waals surface area contributed by atoms with E-state index < -0.39 is 0 Å². The highest BCUT2D eigenvalue weighted by atomic mass is 35.5. The van der Waals surface area contributed by atoms with Crippen molar-refractivity contribution in [2.45, 2.75) is 26.3 Å². The fourth-order valence-electron chi connectivity index (χ4n) is 2.76. The van der Waals surface area contributed by atoms with Crippen LogP contribution in [0.25, 0.3) is 17.0 Å². The van der Waals surface area contributed by atoms with E-state index in [0.717, 1.165) is 42.9 Å². The summed E-state index contributed by atoms with van der Waals surface area (Å²) in [7, 11) is 1.70. The van der Waals surface area contributed by atoms with Crippen molar-refractivity contribution in [1.29, 1.82) is 0 Å². The molecular formula is C18H20ClN3O2. The zero-order valence-electron chi connectivity index (χ0n) is 13.8. The van der Waals surface area contributed by atoms with Crippen LogP contribution in [-0.4, -0.2) is 27.7 Å². The molecule has 6 heteroatoms. The summed E-state index contributed by atoms with van der Waals surface area (Å²) >= 11 is 5.94. The van der Waals surface area contributed by atoms with Gasteiger partial charge in [-0.25, -0.2) is 4.98 Å². The SMILES string of the molecule is COCCCCn1c(C)cc(=O)n2cc(-c3ccc(Cl)cc3)nc12. The first-order valence-corrected chi connectivity index (χ1v) is 8.32. The Balaban J connectivity index is 2.02. The Morgan fingerprint density at radius 1 is 1.21 bits per heavy atom. The molecule has 2 heterocycles. The molecule has 0 unspecified atom stereocenters. The number of methoxy groups -OCH3 is 1. The third-order valence-corrected chi connectivity index (χ3v) is 4.30. The van der Waals surface area contributed by atoms with Gasteiger partial charge in [-0.1, -0.05) is 23.7 Å². The van der Waals surface area contributed by atoms with Crippen molar-refractivity contribution < 1.29 is 4.74 Å². The lowest BCUT2D eigenvalue weighted by Gasteiger charge is -2.11. The number of ether oxygens (including phenoxy) is 1. The van der Waals surface area contributed by atoms with Crippen LogP contribution in [0.2, 0.25) is 5.02 Å². The molecule has 24 heavy (non-hydrogen) atoms. The molecule has 0 saturated heterocycles. The Morgan fingerprint density at radius 3 is 2.67 bits per heavy atom. The first kappa shape index (κ1) is 16.7. The number of aryl methyl sites for hydroxylation is 2. The largest absolute Gasteiger partial charge is 0.385 e. The van der Waals surface area contributed by atoms with E-state index >= 15 is 0 Å². The van der Waals surface area contributed by atoms with Crippen LogP contribution in [0.5, 0.6) is 0 Å². The van der Waals surface area contributed by atoms with E-state index in [9.17, 15) is 4.79 Å². The van der Waals surface area contributed by atoms with E-state index in [2.05, 4.69) is 9.55 Å². The van der Waals surface area contributed by atoms with Crippen LogP contribution in [0.3, 0.4) is 0 Å². The lowest BCUT2D eigenvalue weighted by atomic mass is 10.2. The minimum absolute atomic E-state index is 0.0663. The standard InChI is InChI=1S/C18H20ClN3O2/c1-13-11-17(23)22-12-16(14-5-7-15(19)8-6-14)20-18(22)21(13)9-3-4-10-24-2/h5-8,11-12H,3-4,9-10H2,1-2H3. The molecule has 0 aliphatic carbocycles. The van der Waals surface area contributed by atoms with Crippen molar-refractivity contribution in [1.82, 2.24) is 14.0 Å². The van der Waals surface area contributed by atoms with Crippen LogP contribution in [0.1, 0.15) is 18.5 Å². The summed E-state index contributed by atoms with van der Waals surface area (Å²) in [6.45, 7) is 3.48. The second-order valence-electron chi connectivity index (χ2n) is 5.78. The summed E-state index contributed by atoms with van der Waals surface area (Å²) in [5.74, 6) is 0.669. The van der Waals surface area contributed by atoms with Gasteiger partial charge in [-0.2, -0.15) is 0 Å². The number of benzene rings is 1. The van der Waals surface area contributed by atoms with Gasteiger partial charge in [-0.15, -0.1) is 0 Å².